The van der Waals surface area contributed by atoms with Gasteiger partial charge in [-0.3, -0.25) is 0 Å². The van der Waals surface area contributed by atoms with Gasteiger partial charge in [-0.2, -0.15) is 0 Å². The third-order valence-corrected chi connectivity index (χ3v) is 3.44. The molecular weight excluding hydrogens is 226 g/mol. The molecular formula is C14H25N3O. The number of aliphatic hydroxyl groups excluding tert-OH is 1. The van der Waals surface area contributed by atoms with E-state index in [1.54, 1.807) is 0 Å². The summed E-state index contributed by atoms with van der Waals surface area (Å²) in [6.07, 6.45) is 1.72. The Morgan fingerprint density at radius 1 is 1.28 bits per heavy atom. The largest absolute Gasteiger partial charge is 0.394 e. The van der Waals surface area contributed by atoms with Crippen LogP contribution >= 0.6 is 0 Å². The average Bonchev–Trinajstić information content (AvgIpc) is 2.35. The van der Waals surface area contributed by atoms with Crippen LogP contribution in [-0.4, -0.2) is 27.2 Å². The number of rotatable bonds is 6. The third-order valence-electron chi connectivity index (χ3n) is 3.44. The number of hydrogen-bond acceptors (Lipinski definition) is 4. The molecule has 1 heterocycles. The van der Waals surface area contributed by atoms with Gasteiger partial charge in [0.25, 0.3) is 0 Å². The van der Waals surface area contributed by atoms with Gasteiger partial charge >= 0.3 is 0 Å². The fraction of sp³-hybridized carbons (Fsp3) is 0.714. The van der Waals surface area contributed by atoms with Crippen LogP contribution < -0.4 is 5.32 Å². The first-order chi connectivity index (χ1) is 8.46. The lowest BCUT2D eigenvalue weighted by Crippen LogP contribution is -2.41. The van der Waals surface area contributed by atoms with Crippen molar-refractivity contribution in [1.82, 2.24) is 9.97 Å². The molecule has 0 unspecified atom stereocenters. The molecule has 0 radical (unpaired) electrons. The molecule has 102 valence electrons. The molecule has 0 saturated heterocycles. The maximum absolute atomic E-state index is 9.58. The molecule has 0 aliphatic carbocycles. The van der Waals surface area contributed by atoms with Crippen molar-refractivity contribution in [3.8, 4) is 0 Å². The number of nitrogens with zero attached hydrogens (tertiary/aromatic N) is 2. The third kappa shape index (κ3) is 3.42. The molecule has 0 amide bonds. The number of aryl methyl sites for hydroxylation is 1. The summed E-state index contributed by atoms with van der Waals surface area (Å²) in [4.78, 5) is 8.96. The molecule has 4 nitrogen and oxygen atoms in total. The Balaban J connectivity index is 3.03. The quantitative estimate of drug-likeness (QED) is 0.816. The van der Waals surface area contributed by atoms with Crippen molar-refractivity contribution < 1.29 is 5.11 Å². The van der Waals surface area contributed by atoms with Gasteiger partial charge in [-0.25, -0.2) is 9.97 Å². The van der Waals surface area contributed by atoms with E-state index in [1.165, 1.54) is 0 Å². The standard InChI is InChI=1S/C14H25N3O/c1-6-14(7-2,9-18)17-12-8-11(5)15-13(16-12)10(3)4/h8,10,18H,6-7,9H2,1-5H3,(H,15,16,17). The van der Waals surface area contributed by atoms with Crippen molar-refractivity contribution in [3.05, 3.63) is 17.6 Å². The van der Waals surface area contributed by atoms with E-state index in [1.807, 2.05) is 13.0 Å². The highest BCUT2D eigenvalue weighted by atomic mass is 16.3. The number of hydrogen-bond donors (Lipinski definition) is 2. The van der Waals surface area contributed by atoms with Gasteiger partial charge in [0, 0.05) is 17.7 Å². The fourth-order valence-corrected chi connectivity index (χ4v) is 1.88. The monoisotopic (exact) mass is 251 g/mol. The second-order valence-corrected chi connectivity index (χ2v) is 5.18. The Hall–Kier alpha value is -1.16. The zero-order valence-electron chi connectivity index (χ0n) is 12.1. The maximum Gasteiger partial charge on any atom is 0.133 e. The molecule has 0 spiro atoms. The molecule has 0 aliphatic rings. The maximum atomic E-state index is 9.58. The normalized spacial score (nSPS) is 11.9. The van der Waals surface area contributed by atoms with E-state index >= 15 is 0 Å². The predicted molar refractivity (Wildman–Crippen MR) is 74.9 cm³/mol. The number of anilines is 1. The Bertz CT molecular complexity index is 378. The van der Waals surface area contributed by atoms with Crippen LogP contribution in [0.4, 0.5) is 5.82 Å². The smallest absolute Gasteiger partial charge is 0.133 e. The first-order valence-corrected chi connectivity index (χ1v) is 6.71. The molecule has 1 rings (SSSR count). The summed E-state index contributed by atoms with van der Waals surface area (Å²) < 4.78 is 0. The van der Waals surface area contributed by atoms with Crippen molar-refractivity contribution >= 4 is 5.82 Å². The van der Waals surface area contributed by atoms with E-state index in [9.17, 15) is 5.11 Å². The van der Waals surface area contributed by atoms with Crippen molar-refractivity contribution in [2.75, 3.05) is 11.9 Å². The van der Waals surface area contributed by atoms with Gasteiger partial charge < -0.3 is 10.4 Å². The summed E-state index contributed by atoms with van der Waals surface area (Å²) >= 11 is 0. The zero-order valence-corrected chi connectivity index (χ0v) is 12.1. The molecule has 0 aromatic carbocycles. The lowest BCUT2D eigenvalue weighted by molar-refractivity contribution is 0.202. The van der Waals surface area contributed by atoms with Gasteiger partial charge in [0.05, 0.1) is 12.1 Å². The summed E-state index contributed by atoms with van der Waals surface area (Å²) in [5.74, 6) is 1.96. The summed E-state index contributed by atoms with van der Waals surface area (Å²) in [6, 6.07) is 1.93. The highest BCUT2D eigenvalue weighted by molar-refractivity contribution is 5.39. The van der Waals surface area contributed by atoms with Crippen LogP contribution in [0.15, 0.2) is 6.07 Å². The molecule has 0 atom stereocenters. The van der Waals surface area contributed by atoms with Crippen molar-refractivity contribution in [2.45, 2.75) is 58.9 Å². The van der Waals surface area contributed by atoms with E-state index in [-0.39, 0.29) is 12.1 Å². The Morgan fingerprint density at radius 2 is 1.89 bits per heavy atom. The van der Waals surface area contributed by atoms with E-state index in [0.29, 0.717) is 5.92 Å². The first-order valence-electron chi connectivity index (χ1n) is 6.71. The first kappa shape index (κ1) is 14.9. The van der Waals surface area contributed by atoms with Crippen LogP contribution in [-0.2, 0) is 0 Å². The van der Waals surface area contributed by atoms with E-state index in [0.717, 1.165) is 30.2 Å². The predicted octanol–water partition coefficient (Wildman–Crippen LogP) is 2.87. The highest BCUT2D eigenvalue weighted by Crippen LogP contribution is 2.22. The molecule has 1 aromatic rings. The van der Waals surface area contributed by atoms with Crippen LogP contribution in [0.25, 0.3) is 0 Å². The van der Waals surface area contributed by atoms with Gasteiger partial charge in [-0.1, -0.05) is 27.7 Å². The van der Waals surface area contributed by atoms with Gasteiger partial charge in [-0.15, -0.1) is 0 Å². The van der Waals surface area contributed by atoms with Gasteiger partial charge in [0.15, 0.2) is 0 Å². The Kier molecular flexibility index (Phi) is 5.08. The molecule has 0 aliphatic heterocycles. The van der Waals surface area contributed by atoms with Gasteiger partial charge in [0.2, 0.25) is 0 Å². The molecule has 0 bridgehead atoms. The molecule has 4 heteroatoms. The fourth-order valence-electron chi connectivity index (χ4n) is 1.88. The van der Waals surface area contributed by atoms with Crippen LogP contribution in [0.5, 0.6) is 0 Å². The van der Waals surface area contributed by atoms with E-state index < -0.39 is 0 Å². The topological polar surface area (TPSA) is 58.0 Å². The molecule has 1 aromatic heterocycles. The van der Waals surface area contributed by atoms with Gasteiger partial charge in [-0.05, 0) is 19.8 Å². The van der Waals surface area contributed by atoms with Crippen molar-refractivity contribution in [1.29, 1.82) is 0 Å². The second kappa shape index (κ2) is 6.14. The number of nitrogens with one attached hydrogen (secondary N) is 1. The Labute approximate surface area is 110 Å². The second-order valence-electron chi connectivity index (χ2n) is 5.18. The summed E-state index contributed by atoms with van der Waals surface area (Å²) in [5.41, 5.74) is 0.671. The number of aromatic nitrogens is 2. The Morgan fingerprint density at radius 3 is 2.33 bits per heavy atom. The van der Waals surface area contributed by atoms with E-state index in [2.05, 4.69) is 43.0 Å². The van der Waals surface area contributed by atoms with Crippen LogP contribution in [0.1, 0.15) is 58.0 Å². The molecule has 0 saturated carbocycles. The minimum absolute atomic E-state index is 0.111. The van der Waals surface area contributed by atoms with Crippen LogP contribution in [0.3, 0.4) is 0 Å². The van der Waals surface area contributed by atoms with Crippen LogP contribution in [0, 0.1) is 6.92 Å². The molecule has 2 N–H and O–H groups in total. The minimum Gasteiger partial charge on any atom is -0.394 e. The van der Waals surface area contributed by atoms with Crippen LogP contribution in [0.2, 0.25) is 0 Å². The zero-order chi connectivity index (χ0) is 13.8. The highest BCUT2D eigenvalue weighted by Gasteiger charge is 2.25. The minimum atomic E-state index is -0.283. The van der Waals surface area contributed by atoms with E-state index in [4.69, 9.17) is 0 Å². The van der Waals surface area contributed by atoms with Gasteiger partial charge in [0.1, 0.15) is 11.6 Å². The van der Waals surface area contributed by atoms with Crippen molar-refractivity contribution in [3.63, 3.8) is 0 Å². The molecule has 18 heavy (non-hydrogen) atoms. The van der Waals surface area contributed by atoms with Crippen molar-refractivity contribution in [2.24, 2.45) is 0 Å². The molecule has 0 fully saturated rings. The summed E-state index contributed by atoms with van der Waals surface area (Å²) in [7, 11) is 0. The summed E-state index contributed by atoms with van der Waals surface area (Å²) in [5, 5.41) is 13.0. The SMILES string of the molecule is CCC(CC)(CO)Nc1cc(C)nc(C(C)C)n1. The lowest BCUT2D eigenvalue weighted by Gasteiger charge is -2.31. The lowest BCUT2D eigenvalue weighted by atomic mass is 9.94. The summed E-state index contributed by atoms with van der Waals surface area (Å²) in [6.45, 7) is 10.4. The average molecular weight is 251 g/mol. The number of aliphatic hydroxyl groups is 1.